The summed E-state index contributed by atoms with van der Waals surface area (Å²) in [5.41, 5.74) is 3.87. The second-order valence-corrected chi connectivity index (χ2v) is 8.71. The van der Waals surface area contributed by atoms with Crippen molar-refractivity contribution >= 4 is 17.5 Å². The second kappa shape index (κ2) is 10.3. The number of amides is 2. The second-order valence-electron chi connectivity index (χ2n) is 8.71. The molecule has 0 saturated carbocycles. The van der Waals surface area contributed by atoms with Gasteiger partial charge in [0.15, 0.2) is 0 Å². The summed E-state index contributed by atoms with van der Waals surface area (Å²) in [4.78, 5) is 29.0. The lowest BCUT2D eigenvalue weighted by atomic mass is 9.95. The number of carbonyl (C=O) groups is 2. The normalized spacial score (nSPS) is 18.6. The van der Waals surface area contributed by atoms with Gasteiger partial charge in [-0.3, -0.25) is 14.5 Å². The number of aryl methyl sites for hydroxylation is 1. The maximum Gasteiger partial charge on any atom is 0.257 e. The quantitative estimate of drug-likeness (QED) is 0.657. The molecule has 0 spiro atoms. The number of carbonyl (C=O) groups excluding carboxylic acids is 2. The average Bonchev–Trinajstić information content (AvgIpc) is 3.29. The van der Waals surface area contributed by atoms with E-state index in [1.165, 1.54) is 0 Å². The summed E-state index contributed by atoms with van der Waals surface area (Å²) in [5, 5.41) is 6.46. The molecule has 0 aromatic heterocycles. The molecule has 1 saturated heterocycles. The van der Waals surface area contributed by atoms with E-state index < -0.39 is 0 Å². The van der Waals surface area contributed by atoms with E-state index in [-0.39, 0.29) is 24.4 Å². The molecular weight excluding hydrogens is 432 g/mol. The number of piperazine rings is 1. The summed E-state index contributed by atoms with van der Waals surface area (Å²) in [6.45, 7) is 6.55. The Hall–Kier alpha value is -3.39. The number of benzene rings is 2. The van der Waals surface area contributed by atoms with E-state index in [9.17, 15) is 9.59 Å². The highest BCUT2D eigenvalue weighted by Crippen LogP contribution is 2.37. The Labute approximate surface area is 200 Å². The number of rotatable bonds is 6. The summed E-state index contributed by atoms with van der Waals surface area (Å²) in [7, 11) is 3.24. The van der Waals surface area contributed by atoms with Crippen LogP contribution < -0.4 is 9.47 Å². The minimum absolute atomic E-state index is 0.0491. The van der Waals surface area contributed by atoms with Gasteiger partial charge in [-0.1, -0.05) is 24.3 Å². The summed E-state index contributed by atoms with van der Waals surface area (Å²) in [5.74, 6) is 1.39. The number of ether oxygens (including phenoxy) is 2. The molecule has 180 valence electrons. The minimum atomic E-state index is -0.186. The summed E-state index contributed by atoms with van der Waals surface area (Å²) >= 11 is 0. The van der Waals surface area contributed by atoms with Gasteiger partial charge < -0.3 is 14.4 Å². The van der Waals surface area contributed by atoms with Crippen LogP contribution in [0, 0.1) is 6.92 Å². The van der Waals surface area contributed by atoms with E-state index in [1.54, 1.807) is 26.2 Å². The summed E-state index contributed by atoms with van der Waals surface area (Å²) in [6.07, 6.45) is 0.595. The maximum absolute atomic E-state index is 13.5. The molecular formula is C26H32N4O4. The van der Waals surface area contributed by atoms with Crippen molar-refractivity contribution in [2.45, 2.75) is 26.3 Å². The van der Waals surface area contributed by atoms with Gasteiger partial charge in [-0.15, -0.1) is 0 Å². The van der Waals surface area contributed by atoms with Crippen molar-refractivity contribution in [2.24, 2.45) is 5.10 Å². The van der Waals surface area contributed by atoms with Crippen LogP contribution in [-0.2, 0) is 9.59 Å². The highest BCUT2D eigenvalue weighted by Gasteiger charge is 2.35. The molecule has 2 heterocycles. The molecule has 34 heavy (non-hydrogen) atoms. The summed E-state index contributed by atoms with van der Waals surface area (Å²) in [6, 6.07) is 13.6. The van der Waals surface area contributed by atoms with Crippen LogP contribution in [0.4, 0.5) is 0 Å². The third-order valence-corrected chi connectivity index (χ3v) is 6.61. The molecule has 1 fully saturated rings. The molecule has 8 heteroatoms. The number of methoxy groups -OCH3 is 2. The predicted octanol–water partition coefficient (Wildman–Crippen LogP) is 2.85. The SMILES string of the molecule is COc1ccc(C2=NN(C(=O)CN3CCN(C(C)=O)CC3)[C@H](c3ccccc3C)C2)c(OC)c1. The lowest BCUT2D eigenvalue weighted by Crippen LogP contribution is -2.50. The van der Waals surface area contributed by atoms with Gasteiger partial charge in [-0.25, -0.2) is 5.01 Å². The molecule has 4 rings (SSSR count). The van der Waals surface area contributed by atoms with Gasteiger partial charge in [-0.05, 0) is 30.2 Å². The third-order valence-electron chi connectivity index (χ3n) is 6.61. The molecule has 0 radical (unpaired) electrons. The van der Waals surface area contributed by atoms with Gasteiger partial charge in [0.05, 0.1) is 32.5 Å². The van der Waals surface area contributed by atoms with Gasteiger partial charge in [0.1, 0.15) is 11.5 Å². The molecule has 0 unspecified atom stereocenters. The topological polar surface area (TPSA) is 74.7 Å². The molecule has 2 aromatic carbocycles. The monoisotopic (exact) mass is 464 g/mol. The first-order chi connectivity index (χ1) is 16.4. The van der Waals surface area contributed by atoms with Crippen molar-refractivity contribution in [1.29, 1.82) is 0 Å². The lowest BCUT2D eigenvalue weighted by molar-refractivity contribution is -0.135. The van der Waals surface area contributed by atoms with E-state index >= 15 is 0 Å². The van der Waals surface area contributed by atoms with Crippen molar-refractivity contribution in [3.05, 3.63) is 59.2 Å². The zero-order chi connectivity index (χ0) is 24.2. The van der Waals surface area contributed by atoms with Crippen LogP contribution in [0.3, 0.4) is 0 Å². The third kappa shape index (κ3) is 4.92. The van der Waals surface area contributed by atoms with Crippen molar-refractivity contribution in [2.75, 3.05) is 46.9 Å². The fourth-order valence-corrected chi connectivity index (χ4v) is 4.63. The highest BCUT2D eigenvalue weighted by molar-refractivity contribution is 6.05. The van der Waals surface area contributed by atoms with Gasteiger partial charge >= 0.3 is 0 Å². The molecule has 0 bridgehead atoms. The summed E-state index contributed by atoms with van der Waals surface area (Å²) < 4.78 is 10.9. The number of hydrogen-bond donors (Lipinski definition) is 0. The van der Waals surface area contributed by atoms with Gasteiger partial charge in [-0.2, -0.15) is 5.10 Å². The first-order valence-corrected chi connectivity index (χ1v) is 11.6. The van der Waals surface area contributed by atoms with Crippen LogP contribution in [0.2, 0.25) is 0 Å². The maximum atomic E-state index is 13.5. The average molecular weight is 465 g/mol. The number of nitrogens with zero attached hydrogens (tertiary/aromatic N) is 4. The van der Waals surface area contributed by atoms with Crippen LogP contribution >= 0.6 is 0 Å². The smallest absolute Gasteiger partial charge is 0.257 e. The first kappa shape index (κ1) is 23.8. The van der Waals surface area contributed by atoms with Gasteiger partial charge in [0.25, 0.3) is 5.91 Å². The standard InChI is InChI=1S/C26H32N4O4/c1-18-7-5-6-8-21(18)24-16-23(22-10-9-20(33-3)15-25(22)34-4)27-30(24)26(32)17-28-11-13-29(14-12-28)19(2)31/h5-10,15,24H,11-14,16-17H2,1-4H3/t24-/m0/s1. The molecule has 8 nitrogen and oxygen atoms in total. The van der Waals surface area contributed by atoms with Crippen molar-refractivity contribution < 1.29 is 19.1 Å². The van der Waals surface area contributed by atoms with Gasteiger partial charge in [0, 0.05) is 51.2 Å². The Morgan fingerprint density at radius 3 is 2.41 bits per heavy atom. The first-order valence-electron chi connectivity index (χ1n) is 11.6. The van der Waals surface area contributed by atoms with E-state index in [0.717, 1.165) is 22.4 Å². The van der Waals surface area contributed by atoms with Crippen LogP contribution in [-0.4, -0.2) is 79.3 Å². The van der Waals surface area contributed by atoms with Crippen LogP contribution in [0.1, 0.15) is 36.1 Å². The Morgan fingerprint density at radius 2 is 1.76 bits per heavy atom. The van der Waals surface area contributed by atoms with Crippen LogP contribution in [0.15, 0.2) is 47.6 Å². The van der Waals surface area contributed by atoms with E-state index in [0.29, 0.717) is 44.1 Å². The van der Waals surface area contributed by atoms with Crippen molar-refractivity contribution in [3.63, 3.8) is 0 Å². The Morgan fingerprint density at radius 1 is 1.03 bits per heavy atom. The molecule has 1 atom stereocenters. The molecule has 0 aliphatic carbocycles. The van der Waals surface area contributed by atoms with Crippen LogP contribution in [0.25, 0.3) is 0 Å². The molecule has 2 amide bonds. The van der Waals surface area contributed by atoms with Gasteiger partial charge in [0.2, 0.25) is 5.91 Å². The highest BCUT2D eigenvalue weighted by atomic mass is 16.5. The van der Waals surface area contributed by atoms with Crippen molar-refractivity contribution in [1.82, 2.24) is 14.8 Å². The fraction of sp³-hybridized carbons (Fsp3) is 0.423. The lowest BCUT2D eigenvalue weighted by Gasteiger charge is -2.34. The van der Waals surface area contributed by atoms with E-state index in [2.05, 4.69) is 24.0 Å². The minimum Gasteiger partial charge on any atom is -0.497 e. The molecule has 2 aromatic rings. The molecule has 2 aliphatic rings. The van der Waals surface area contributed by atoms with Crippen LogP contribution in [0.5, 0.6) is 11.5 Å². The molecule has 2 aliphatic heterocycles. The Kier molecular flexibility index (Phi) is 7.17. The fourth-order valence-electron chi connectivity index (χ4n) is 4.63. The predicted molar refractivity (Wildman–Crippen MR) is 130 cm³/mol. The molecule has 0 N–H and O–H groups in total. The largest absolute Gasteiger partial charge is 0.497 e. The van der Waals surface area contributed by atoms with Crippen molar-refractivity contribution in [3.8, 4) is 11.5 Å². The number of hydrogen-bond acceptors (Lipinski definition) is 6. The Balaban J connectivity index is 1.60. The zero-order valence-corrected chi connectivity index (χ0v) is 20.3. The number of hydrazone groups is 1. The van der Waals surface area contributed by atoms with E-state index in [4.69, 9.17) is 14.6 Å². The van der Waals surface area contributed by atoms with E-state index in [1.807, 2.05) is 35.2 Å². The zero-order valence-electron chi connectivity index (χ0n) is 20.3. The Bertz CT molecular complexity index is 1090.